The molecule has 2 heterocycles. The Balaban J connectivity index is 1.47. The zero-order valence-corrected chi connectivity index (χ0v) is 16.7. The van der Waals surface area contributed by atoms with E-state index in [0.717, 1.165) is 62.1 Å². The Morgan fingerprint density at radius 2 is 1.89 bits per heavy atom. The molecule has 0 radical (unpaired) electrons. The topological polar surface area (TPSA) is 67.9 Å². The Morgan fingerprint density at radius 3 is 2.64 bits per heavy atom. The molecule has 0 spiro atoms. The summed E-state index contributed by atoms with van der Waals surface area (Å²) in [6.45, 7) is 3.87. The molecule has 2 fully saturated rings. The number of carbonyl (C=O) groups excluding carboxylic acids is 2. The van der Waals surface area contributed by atoms with E-state index < -0.39 is 0 Å². The lowest BCUT2D eigenvalue weighted by Crippen LogP contribution is -2.48. The van der Waals surface area contributed by atoms with E-state index in [9.17, 15) is 9.59 Å². The normalized spacial score (nSPS) is 22.0. The highest BCUT2D eigenvalue weighted by Gasteiger charge is 2.38. The predicted molar refractivity (Wildman–Crippen MR) is 105 cm³/mol. The minimum Gasteiger partial charge on any atom is -0.486 e. The van der Waals surface area contributed by atoms with Crippen LogP contribution in [0, 0.1) is 0 Å². The lowest BCUT2D eigenvalue weighted by atomic mass is 9.87. The minimum absolute atomic E-state index is 0.0164. The number of likely N-dealkylation sites (tertiary alicyclic amines) is 1. The third-order valence-corrected chi connectivity index (χ3v) is 6.30. The highest BCUT2D eigenvalue weighted by atomic mass is 16.6. The van der Waals surface area contributed by atoms with Crippen LogP contribution in [-0.2, 0) is 15.1 Å². The standard InChI is InChI=1S/C22H30N2O4/c1-16(24-11-5-2-6-21(24)26)14-20(25)23-22(9-3-4-10-22)17-7-8-18-19(15-17)28-13-12-27-18/h7-8,15-16H,2-6,9-14H2,1H3,(H,23,25). The monoisotopic (exact) mass is 386 g/mol. The van der Waals surface area contributed by atoms with Gasteiger partial charge in [-0.3, -0.25) is 9.59 Å². The van der Waals surface area contributed by atoms with Crippen molar-refractivity contribution in [3.05, 3.63) is 23.8 Å². The molecule has 1 aliphatic carbocycles. The van der Waals surface area contributed by atoms with Crippen LogP contribution in [0.25, 0.3) is 0 Å². The highest BCUT2D eigenvalue weighted by molar-refractivity contribution is 5.80. The van der Waals surface area contributed by atoms with Gasteiger partial charge in [-0.2, -0.15) is 0 Å². The van der Waals surface area contributed by atoms with Crippen molar-refractivity contribution in [2.45, 2.75) is 69.9 Å². The molecule has 2 aliphatic heterocycles. The molecule has 0 bridgehead atoms. The molecule has 6 heteroatoms. The quantitative estimate of drug-likeness (QED) is 0.844. The van der Waals surface area contributed by atoms with Crippen molar-refractivity contribution in [3.63, 3.8) is 0 Å². The number of nitrogens with one attached hydrogen (secondary N) is 1. The first kappa shape index (κ1) is 19.1. The van der Waals surface area contributed by atoms with Crippen LogP contribution in [0.3, 0.4) is 0 Å². The average molecular weight is 386 g/mol. The molecule has 28 heavy (non-hydrogen) atoms. The van der Waals surface area contributed by atoms with Gasteiger partial charge in [-0.25, -0.2) is 0 Å². The van der Waals surface area contributed by atoms with Crippen LogP contribution < -0.4 is 14.8 Å². The summed E-state index contributed by atoms with van der Waals surface area (Å²) in [5.74, 6) is 1.72. The van der Waals surface area contributed by atoms with Crippen LogP contribution in [0.1, 0.15) is 63.9 Å². The van der Waals surface area contributed by atoms with Crippen molar-refractivity contribution in [1.29, 1.82) is 0 Å². The van der Waals surface area contributed by atoms with Crippen molar-refractivity contribution in [3.8, 4) is 11.5 Å². The van der Waals surface area contributed by atoms with Crippen molar-refractivity contribution >= 4 is 11.8 Å². The van der Waals surface area contributed by atoms with Crippen molar-refractivity contribution in [2.75, 3.05) is 19.8 Å². The maximum Gasteiger partial charge on any atom is 0.222 e. The number of piperidine rings is 1. The number of amides is 2. The summed E-state index contributed by atoms with van der Waals surface area (Å²) in [5.41, 5.74) is 0.739. The molecule has 1 saturated carbocycles. The maximum absolute atomic E-state index is 12.9. The zero-order valence-electron chi connectivity index (χ0n) is 16.7. The highest BCUT2D eigenvalue weighted by Crippen LogP contribution is 2.42. The summed E-state index contributed by atoms with van der Waals surface area (Å²) in [6, 6.07) is 5.96. The molecule has 3 aliphatic rings. The summed E-state index contributed by atoms with van der Waals surface area (Å²) in [7, 11) is 0. The van der Waals surface area contributed by atoms with Crippen molar-refractivity contribution < 1.29 is 19.1 Å². The summed E-state index contributed by atoms with van der Waals surface area (Å²) >= 11 is 0. The first-order valence-electron chi connectivity index (χ1n) is 10.6. The number of nitrogens with zero attached hydrogens (tertiary/aromatic N) is 1. The second-order valence-corrected chi connectivity index (χ2v) is 8.29. The first-order valence-corrected chi connectivity index (χ1v) is 10.6. The van der Waals surface area contributed by atoms with Crippen LogP contribution in [0.4, 0.5) is 0 Å². The van der Waals surface area contributed by atoms with Gasteiger partial charge in [0, 0.05) is 25.4 Å². The largest absolute Gasteiger partial charge is 0.486 e. The smallest absolute Gasteiger partial charge is 0.222 e. The van der Waals surface area contributed by atoms with Gasteiger partial charge in [-0.15, -0.1) is 0 Å². The molecule has 1 N–H and O–H groups in total. The number of fused-ring (bicyclic) bond motifs is 1. The van der Waals surface area contributed by atoms with E-state index in [1.165, 1.54) is 0 Å². The first-order chi connectivity index (χ1) is 13.6. The Morgan fingerprint density at radius 1 is 1.14 bits per heavy atom. The summed E-state index contributed by atoms with van der Waals surface area (Å²) in [4.78, 5) is 26.9. The summed E-state index contributed by atoms with van der Waals surface area (Å²) < 4.78 is 11.4. The SMILES string of the molecule is CC(CC(=O)NC1(c2ccc3c(c2)OCCO3)CCCC1)N1CCCCC1=O. The molecular formula is C22H30N2O4. The van der Waals surface area contributed by atoms with Crippen LogP contribution >= 0.6 is 0 Å². The Bertz CT molecular complexity index is 742. The van der Waals surface area contributed by atoms with Crippen LogP contribution in [0.2, 0.25) is 0 Å². The summed E-state index contributed by atoms with van der Waals surface area (Å²) in [5, 5.41) is 3.33. The molecule has 4 rings (SSSR count). The zero-order chi connectivity index (χ0) is 19.6. The van der Waals surface area contributed by atoms with E-state index >= 15 is 0 Å². The molecule has 1 aromatic carbocycles. The number of ether oxygens (including phenoxy) is 2. The van der Waals surface area contributed by atoms with Gasteiger partial charge < -0.3 is 19.7 Å². The van der Waals surface area contributed by atoms with Crippen LogP contribution in [0.5, 0.6) is 11.5 Å². The fourth-order valence-corrected chi connectivity index (χ4v) is 4.79. The fraction of sp³-hybridized carbons (Fsp3) is 0.636. The number of rotatable bonds is 5. The molecule has 6 nitrogen and oxygen atoms in total. The third kappa shape index (κ3) is 3.82. The van der Waals surface area contributed by atoms with Crippen LogP contribution in [-0.4, -0.2) is 42.5 Å². The third-order valence-electron chi connectivity index (χ3n) is 6.30. The predicted octanol–water partition coefficient (Wildman–Crippen LogP) is 3.13. The number of hydrogen-bond acceptors (Lipinski definition) is 4. The number of benzene rings is 1. The van der Waals surface area contributed by atoms with Gasteiger partial charge in [0.15, 0.2) is 11.5 Å². The molecule has 0 aromatic heterocycles. The summed E-state index contributed by atoms with van der Waals surface area (Å²) in [6.07, 6.45) is 6.97. The van der Waals surface area contributed by atoms with Gasteiger partial charge >= 0.3 is 0 Å². The Labute approximate surface area is 166 Å². The van der Waals surface area contributed by atoms with Gasteiger partial charge in [-0.1, -0.05) is 18.9 Å². The van der Waals surface area contributed by atoms with Crippen molar-refractivity contribution in [2.24, 2.45) is 0 Å². The lowest BCUT2D eigenvalue weighted by Gasteiger charge is -2.35. The van der Waals surface area contributed by atoms with E-state index in [0.29, 0.717) is 26.1 Å². The molecule has 1 unspecified atom stereocenters. The minimum atomic E-state index is -0.349. The molecule has 1 atom stereocenters. The van der Waals surface area contributed by atoms with Gasteiger partial charge in [-0.05, 0) is 50.3 Å². The van der Waals surface area contributed by atoms with Crippen molar-refractivity contribution in [1.82, 2.24) is 10.2 Å². The van der Waals surface area contributed by atoms with Gasteiger partial charge in [0.25, 0.3) is 0 Å². The van der Waals surface area contributed by atoms with E-state index in [1.54, 1.807) is 0 Å². The number of hydrogen-bond donors (Lipinski definition) is 1. The molecule has 1 aromatic rings. The second kappa shape index (κ2) is 8.02. The van der Waals surface area contributed by atoms with Gasteiger partial charge in [0.2, 0.25) is 11.8 Å². The van der Waals surface area contributed by atoms with Gasteiger partial charge in [0.05, 0.1) is 5.54 Å². The lowest BCUT2D eigenvalue weighted by molar-refractivity contribution is -0.136. The van der Waals surface area contributed by atoms with E-state index in [-0.39, 0.29) is 23.4 Å². The maximum atomic E-state index is 12.9. The average Bonchev–Trinajstić information content (AvgIpc) is 3.17. The molecular weight excluding hydrogens is 356 g/mol. The van der Waals surface area contributed by atoms with Gasteiger partial charge in [0.1, 0.15) is 13.2 Å². The van der Waals surface area contributed by atoms with Crippen LogP contribution in [0.15, 0.2) is 18.2 Å². The number of carbonyl (C=O) groups is 2. The van der Waals surface area contributed by atoms with E-state index in [4.69, 9.17) is 9.47 Å². The molecule has 2 amide bonds. The van der Waals surface area contributed by atoms with E-state index in [2.05, 4.69) is 11.4 Å². The van der Waals surface area contributed by atoms with E-state index in [1.807, 2.05) is 24.0 Å². The fourth-order valence-electron chi connectivity index (χ4n) is 4.79. The Kier molecular flexibility index (Phi) is 5.47. The molecule has 1 saturated heterocycles. The second-order valence-electron chi connectivity index (χ2n) is 8.29. The Hall–Kier alpha value is -2.24. The molecule has 152 valence electrons.